The van der Waals surface area contributed by atoms with Crippen LogP contribution in [0.15, 0.2) is 42.5 Å². The van der Waals surface area contributed by atoms with E-state index in [9.17, 15) is 13.2 Å². The molecule has 0 fully saturated rings. The lowest BCUT2D eigenvalue weighted by Gasteiger charge is -2.14. The smallest absolute Gasteiger partial charge is 0.417 e. The molecule has 96 valence electrons. The number of fused-ring (bicyclic) bond motifs is 1. The molecule has 0 aromatic heterocycles. The first kappa shape index (κ1) is 12.1. The van der Waals surface area contributed by atoms with Crippen LogP contribution in [0.2, 0.25) is 0 Å². The highest BCUT2D eigenvalue weighted by Crippen LogP contribution is 2.43. The van der Waals surface area contributed by atoms with Crippen LogP contribution in [0.4, 0.5) is 13.2 Å². The van der Waals surface area contributed by atoms with Gasteiger partial charge in [-0.2, -0.15) is 13.2 Å². The van der Waals surface area contributed by atoms with Crippen molar-refractivity contribution < 1.29 is 17.9 Å². The molecule has 2 aromatic carbocycles. The van der Waals surface area contributed by atoms with Gasteiger partial charge in [-0.15, -0.1) is 0 Å². The molecule has 0 N–H and O–H groups in total. The average molecular weight is 262 g/mol. The quantitative estimate of drug-likeness (QED) is 0.742. The summed E-state index contributed by atoms with van der Waals surface area (Å²) < 4.78 is 44.3. The van der Waals surface area contributed by atoms with E-state index in [-0.39, 0.29) is 5.56 Å². The van der Waals surface area contributed by atoms with Gasteiger partial charge in [0.2, 0.25) is 6.61 Å². The zero-order valence-electron chi connectivity index (χ0n) is 9.79. The molecule has 4 heteroatoms. The summed E-state index contributed by atoms with van der Waals surface area (Å²) in [6.07, 6.45) is -3.89. The largest absolute Gasteiger partial charge is 0.477 e. The summed E-state index contributed by atoms with van der Waals surface area (Å²) in [5.74, 6) is 0.471. The molecule has 3 rings (SSSR count). The highest BCUT2D eigenvalue weighted by molar-refractivity contribution is 5.76. The molecule has 0 saturated heterocycles. The number of ether oxygens (including phenoxy) is 1. The van der Waals surface area contributed by atoms with Gasteiger partial charge < -0.3 is 4.74 Å². The third kappa shape index (κ3) is 2.07. The molecule has 19 heavy (non-hydrogen) atoms. The Labute approximate surface area is 108 Å². The molecule has 1 aliphatic heterocycles. The minimum Gasteiger partial charge on any atom is -0.477 e. The van der Waals surface area contributed by atoms with Crippen LogP contribution in [-0.2, 0) is 12.6 Å². The van der Waals surface area contributed by atoms with Crippen molar-refractivity contribution in [3.05, 3.63) is 60.2 Å². The molecular formula is C15H9F3O. The lowest BCUT2D eigenvalue weighted by Crippen LogP contribution is -2.07. The molecule has 0 unspecified atom stereocenters. The molecular weight excluding hydrogens is 253 g/mol. The first-order valence-corrected chi connectivity index (χ1v) is 5.75. The van der Waals surface area contributed by atoms with Crippen molar-refractivity contribution in [2.45, 2.75) is 12.6 Å². The summed E-state index contributed by atoms with van der Waals surface area (Å²) in [4.78, 5) is 0. The van der Waals surface area contributed by atoms with E-state index >= 15 is 0 Å². The second kappa shape index (κ2) is 4.30. The minimum atomic E-state index is -4.38. The topological polar surface area (TPSA) is 9.23 Å². The normalized spacial score (nSPS) is 14.1. The molecule has 1 heterocycles. The number of alkyl halides is 3. The molecule has 2 radical (unpaired) electrons. The third-order valence-corrected chi connectivity index (χ3v) is 3.06. The summed E-state index contributed by atoms with van der Waals surface area (Å²) in [6.45, 7) is 2.67. The van der Waals surface area contributed by atoms with Crippen molar-refractivity contribution in [2.24, 2.45) is 0 Å². The molecule has 0 spiro atoms. The number of hydrogen-bond acceptors (Lipinski definition) is 1. The second-order valence-electron chi connectivity index (χ2n) is 4.26. The maximum Gasteiger partial charge on any atom is 0.417 e. The zero-order valence-corrected chi connectivity index (χ0v) is 9.79. The summed E-state index contributed by atoms with van der Waals surface area (Å²) >= 11 is 0. The molecule has 0 amide bonds. The van der Waals surface area contributed by atoms with Crippen LogP contribution in [-0.4, -0.2) is 0 Å². The minimum absolute atomic E-state index is 0.135. The fourth-order valence-electron chi connectivity index (χ4n) is 2.21. The van der Waals surface area contributed by atoms with Gasteiger partial charge in [0.25, 0.3) is 0 Å². The van der Waals surface area contributed by atoms with Crippen molar-refractivity contribution in [2.75, 3.05) is 0 Å². The lowest BCUT2D eigenvalue weighted by atomic mass is 9.96. The van der Waals surface area contributed by atoms with Crippen LogP contribution in [0.5, 0.6) is 5.75 Å². The van der Waals surface area contributed by atoms with Gasteiger partial charge in [0.15, 0.2) is 0 Å². The fraction of sp³-hybridized carbons (Fsp3) is 0.133. The lowest BCUT2D eigenvalue weighted by molar-refractivity contribution is -0.137. The second-order valence-corrected chi connectivity index (χ2v) is 4.26. The van der Waals surface area contributed by atoms with Gasteiger partial charge in [-0.25, -0.2) is 0 Å². The van der Waals surface area contributed by atoms with E-state index < -0.39 is 11.7 Å². The van der Waals surface area contributed by atoms with Crippen LogP contribution in [0.1, 0.15) is 11.1 Å². The predicted octanol–water partition coefficient (Wildman–Crippen LogP) is 4.35. The van der Waals surface area contributed by atoms with Gasteiger partial charge in [-0.05, 0) is 17.2 Å². The third-order valence-electron chi connectivity index (χ3n) is 3.06. The monoisotopic (exact) mass is 262 g/mol. The van der Waals surface area contributed by atoms with Crippen molar-refractivity contribution in [1.82, 2.24) is 0 Å². The highest BCUT2D eigenvalue weighted by Gasteiger charge is 2.34. The Balaban J connectivity index is 2.21. The summed E-state index contributed by atoms with van der Waals surface area (Å²) in [5, 5.41) is 0. The summed E-state index contributed by atoms with van der Waals surface area (Å²) in [6, 6.07) is 10.7. The molecule has 1 nitrogen and oxygen atoms in total. The van der Waals surface area contributed by atoms with Crippen molar-refractivity contribution in [3.8, 4) is 16.9 Å². The molecule has 1 aliphatic rings. The average Bonchev–Trinajstić information content (AvgIpc) is 2.85. The maximum atomic E-state index is 13.0. The van der Waals surface area contributed by atoms with Crippen LogP contribution in [0, 0.1) is 6.61 Å². The molecule has 0 bridgehead atoms. The van der Waals surface area contributed by atoms with Gasteiger partial charge in [-0.1, -0.05) is 36.4 Å². The predicted molar refractivity (Wildman–Crippen MR) is 64.5 cm³/mol. The van der Waals surface area contributed by atoms with Crippen molar-refractivity contribution in [1.29, 1.82) is 0 Å². The Morgan fingerprint density at radius 3 is 2.47 bits per heavy atom. The van der Waals surface area contributed by atoms with Gasteiger partial charge in [0.05, 0.1) is 5.56 Å². The zero-order chi connectivity index (χ0) is 13.5. The number of benzene rings is 2. The van der Waals surface area contributed by atoms with E-state index in [1.807, 2.05) is 6.07 Å². The summed E-state index contributed by atoms with van der Waals surface area (Å²) in [7, 11) is 0. The molecule has 0 saturated carbocycles. The maximum absolute atomic E-state index is 13.0. The van der Waals surface area contributed by atoms with Crippen molar-refractivity contribution >= 4 is 0 Å². The standard InChI is InChI=1S/C15H9F3O/c16-15(17,18)13-7-2-1-5-11(13)12-6-3-4-10-8-9-19-14(10)12/h1-7H,8H2. The van der Waals surface area contributed by atoms with Gasteiger partial charge in [0.1, 0.15) is 5.75 Å². The molecule has 2 aromatic rings. The van der Waals surface area contributed by atoms with E-state index in [0.29, 0.717) is 17.7 Å². The first-order chi connectivity index (χ1) is 9.07. The van der Waals surface area contributed by atoms with Crippen LogP contribution in [0.3, 0.4) is 0 Å². The van der Waals surface area contributed by atoms with Crippen LogP contribution >= 0.6 is 0 Å². The molecule has 0 aliphatic carbocycles. The SMILES string of the molecule is FC(F)(F)c1ccccc1-c1cccc2c1O[C]C2. The summed E-state index contributed by atoms with van der Waals surface area (Å²) in [5.41, 5.74) is 0.791. The van der Waals surface area contributed by atoms with Crippen LogP contribution in [0.25, 0.3) is 11.1 Å². The number of para-hydroxylation sites is 1. The Hall–Kier alpha value is -1.97. The van der Waals surface area contributed by atoms with E-state index in [4.69, 9.17) is 4.74 Å². The van der Waals surface area contributed by atoms with Crippen LogP contribution < -0.4 is 4.74 Å². The first-order valence-electron chi connectivity index (χ1n) is 5.75. The Morgan fingerprint density at radius 2 is 1.68 bits per heavy atom. The van der Waals surface area contributed by atoms with Crippen molar-refractivity contribution in [3.63, 3.8) is 0 Å². The van der Waals surface area contributed by atoms with E-state index in [2.05, 4.69) is 6.61 Å². The highest BCUT2D eigenvalue weighted by atomic mass is 19.4. The van der Waals surface area contributed by atoms with Gasteiger partial charge >= 0.3 is 6.18 Å². The van der Waals surface area contributed by atoms with E-state index in [0.717, 1.165) is 11.6 Å². The van der Waals surface area contributed by atoms with Gasteiger partial charge in [0, 0.05) is 12.0 Å². The Morgan fingerprint density at radius 1 is 0.947 bits per heavy atom. The van der Waals surface area contributed by atoms with E-state index in [1.165, 1.54) is 12.1 Å². The number of rotatable bonds is 1. The molecule has 0 atom stereocenters. The Kier molecular flexibility index (Phi) is 2.73. The number of halogens is 3. The van der Waals surface area contributed by atoms with Gasteiger partial charge in [-0.3, -0.25) is 0 Å². The Bertz CT molecular complexity index is 617. The van der Waals surface area contributed by atoms with E-state index in [1.54, 1.807) is 18.2 Å². The fourth-order valence-corrected chi connectivity index (χ4v) is 2.21. The number of hydrogen-bond donors (Lipinski definition) is 0.